The number of carbonyl (C=O) groups is 3. The number of aliphatic hydroxyl groups excluding tert-OH is 2. The minimum atomic E-state index is -2.07. The summed E-state index contributed by atoms with van der Waals surface area (Å²) in [4.78, 5) is 46.0. The highest BCUT2D eigenvalue weighted by molar-refractivity contribution is 6.23. The molecule has 3 aliphatic rings. The maximum atomic E-state index is 14.4. The molecule has 0 radical (unpaired) electrons. The molecule has 3 aromatic carbocycles. The smallest absolute Gasteiger partial charge is 0.312 e. The molecule has 0 spiro atoms. The number of nitrogens with one attached hydrogen (secondary N) is 1. The van der Waals surface area contributed by atoms with Crippen molar-refractivity contribution in [2.24, 2.45) is 28.8 Å². The monoisotopic (exact) mass is 844 g/mol. The number of ether oxygens (including phenoxy) is 4. The fourth-order valence-electron chi connectivity index (χ4n) is 7.82. The molecule has 0 fully saturated rings. The molecular weight excluding hydrogens is 789 g/mol. The lowest BCUT2D eigenvalue weighted by molar-refractivity contribution is -0.160. The van der Waals surface area contributed by atoms with Gasteiger partial charge in [-0.25, -0.2) is 0 Å². The van der Waals surface area contributed by atoms with E-state index in [1.807, 2.05) is 30.3 Å². The van der Waals surface area contributed by atoms with Gasteiger partial charge < -0.3 is 54.6 Å². The van der Waals surface area contributed by atoms with E-state index in [0.29, 0.717) is 6.42 Å². The van der Waals surface area contributed by atoms with Crippen LogP contribution in [-0.2, 0) is 35.1 Å². The summed E-state index contributed by atoms with van der Waals surface area (Å²) < 4.78 is 23.5. The third-order valence-electron chi connectivity index (χ3n) is 11.6. The lowest BCUT2D eigenvalue weighted by Gasteiger charge is -2.38. The minimum absolute atomic E-state index is 0.0298. The zero-order chi connectivity index (χ0) is 44.9. The Hall–Kier alpha value is -5.90. The number of benzene rings is 3. The van der Waals surface area contributed by atoms with Crippen LogP contribution in [0.2, 0.25) is 0 Å². The Balaban J connectivity index is 1.67. The standard InChI is InChI=1S/C46H56N2O13/c1-23-14-13-15-24(2)45(56)48-36-31(22-47-59-21-18-30-16-11-10-12-17-30)40(53)33-34(41(36)54)39(52)28(6)43-35(33)44(55)46(8,61-43)58-20-19-32(57-9)25(3)42(60-29(7)49)27(5)38(51)26(4)37(23)50/h10-17,19-20,22-23,25-27,32,37-38,42,50-54H,18,21H2,1-9H3,(H,48,56)/b14-13+,20-19+,24-15+,47-22+/t23-,25+,26+,27+,32-,37-,38+,42+,46-/m0/s1. The fourth-order valence-corrected chi connectivity index (χ4v) is 7.82. The first kappa shape index (κ1) is 46.2. The van der Waals surface area contributed by atoms with Gasteiger partial charge in [-0.05, 0) is 25.5 Å². The SMILES string of the molecule is CO[C@H]1/C=C/O[C@@]2(C)Oc3c(C)c(O)c4c(O)c(c(/C=N/OCCc5ccccc5)c(O)c4c3C2=O)NC(=O)/C(C)=C/C=C/[C@H](C)[C@H](O)[C@@H](C)[C@@H](O)[C@@H](C)[C@H](OC(C)=O)[C@@H]1C. The van der Waals surface area contributed by atoms with Crippen molar-refractivity contribution in [2.45, 2.75) is 92.0 Å². The van der Waals surface area contributed by atoms with Crippen LogP contribution < -0.4 is 10.1 Å². The van der Waals surface area contributed by atoms with Gasteiger partial charge in [-0.3, -0.25) is 14.4 Å². The third-order valence-corrected chi connectivity index (χ3v) is 11.6. The number of carbonyl (C=O) groups excluding carboxylic acids is 3. The first-order chi connectivity index (χ1) is 28.8. The molecule has 6 rings (SSSR count). The molecule has 5 bridgehead atoms. The van der Waals surface area contributed by atoms with E-state index in [9.17, 15) is 39.9 Å². The molecule has 0 unspecified atom stereocenters. The number of amides is 1. The van der Waals surface area contributed by atoms with Crippen molar-refractivity contribution in [3.8, 4) is 23.0 Å². The molecule has 6 N–H and O–H groups in total. The van der Waals surface area contributed by atoms with Crippen LogP contribution in [0.15, 0.2) is 71.6 Å². The zero-order valence-electron chi connectivity index (χ0n) is 35.8. The van der Waals surface area contributed by atoms with Crippen LogP contribution in [0.5, 0.6) is 23.0 Å². The zero-order valence-corrected chi connectivity index (χ0v) is 35.8. The van der Waals surface area contributed by atoms with E-state index in [2.05, 4.69) is 10.5 Å². The lowest BCUT2D eigenvalue weighted by Crippen LogP contribution is -2.46. The number of phenols is 3. The molecule has 328 valence electrons. The van der Waals surface area contributed by atoms with E-state index >= 15 is 0 Å². The van der Waals surface area contributed by atoms with Gasteiger partial charge in [0.25, 0.3) is 11.7 Å². The molecule has 61 heavy (non-hydrogen) atoms. The third kappa shape index (κ3) is 9.54. The summed E-state index contributed by atoms with van der Waals surface area (Å²) in [5.74, 6) is -8.70. The van der Waals surface area contributed by atoms with Gasteiger partial charge in [0.15, 0.2) is 5.75 Å². The minimum Gasteiger partial charge on any atom is -0.507 e. The van der Waals surface area contributed by atoms with Gasteiger partial charge in [0, 0.05) is 67.6 Å². The first-order valence-electron chi connectivity index (χ1n) is 20.1. The number of rotatable bonds is 7. The highest BCUT2D eigenvalue weighted by atomic mass is 16.7. The number of aliphatic hydroxyl groups is 2. The molecule has 3 aliphatic heterocycles. The summed E-state index contributed by atoms with van der Waals surface area (Å²) in [7, 11) is 1.43. The highest BCUT2D eigenvalue weighted by Gasteiger charge is 2.50. The van der Waals surface area contributed by atoms with Crippen LogP contribution in [-0.4, -0.2) is 93.3 Å². The number of methoxy groups -OCH3 is 1. The number of fused-ring (bicyclic) bond motifs is 14. The molecule has 0 aromatic heterocycles. The molecule has 3 aromatic rings. The van der Waals surface area contributed by atoms with Gasteiger partial charge in [-0.15, -0.1) is 0 Å². The summed E-state index contributed by atoms with van der Waals surface area (Å²) in [6.07, 6.45) is 5.01. The molecule has 3 heterocycles. The Morgan fingerprint density at radius 2 is 1.62 bits per heavy atom. The predicted molar refractivity (Wildman–Crippen MR) is 228 cm³/mol. The van der Waals surface area contributed by atoms with Crippen LogP contribution >= 0.6 is 0 Å². The number of esters is 1. The number of hydrogen-bond acceptors (Lipinski definition) is 14. The molecule has 0 saturated carbocycles. The van der Waals surface area contributed by atoms with Crippen LogP contribution in [0.25, 0.3) is 10.8 Å². The van der Waals surface area contributed by atoms with E-state index in [1.54, 1.807) is 39.8 Å². The Kier molecular flexibility index (Phi) is 14.5. The van der Waals surface area contributed by atoms with E-state index in [-0.39, 0.29) is 51.1 Å². The Labute approximate surface area is 354 Å². The fraction of sp³-hybridized carbons (Fsp3) is 0.435. The molecular formula is C46H56N2O13. The number of phenolic OH excluding ortho intramolecular Hbond substituents is 3. The normalized spacial score (nSPS) is 29.4. The molecule has 0 aliphatic carbocycles. The second-order valence-corrected chi connectivity index (χ2v) is 15.9. The molecule has 0 saturated heterocycles. The van der Waals surface area contributed by atoms with Crippen LogP contribution in [0.4, 0.5) is 5.69 Å². The van der Waals surface area contributed by atoms with E-state index < -0.39 is 88.8 Å². The number of oxime groups is 1. The summed E-state index contributed by atoms with van der Waals surface area (Å²) in [6.45, 7) is 12.6. The van der Waals surface area contributed by atoms with Gasteiger partial charge in [0.2, 0.25) is 0 Å². The van der Waals surface area contributed by atoms with Gasteiger partial charge in [-0.1, -0.05) is 81.4 Å². The van der Waals surface area contributed by atoms with E-state index in [4.69, 9.17) is 23.8 Å². The lowest BCUT2D eigenvalue weighted by atomic mass is 9.78. The predicted octanol–water partition coefficient (Wildman–Crippen LogP) is 6.35. The van der Waals surface area contributed by atoms with Crippen molar-refractivity contribution in [1.82, 2.24) is 0 Å². The summed E-state index contributed by atoms with van der Waals surface area (Å²) in [5, 5.41) is 64.3. The quantitative estimate of drug-likeness (QED) is 0.0382. The number of nitrogens with zero attached hydrogens (tertiary/aromatic N) is 1. The Morgan fingerprint density at radius 1 is 0.934 bits per heavy atom. The second-order valence-electron chi connectivity index (χ2n) is 15.9. The van der Waals surface area contributed by atoms with Gasteiger partial charge in [0.1, 0.15) is 30.0 Å². The number of Topliss-reactive ketones (excluding diaryl/α,β-unsaturated/α-hetero) is 1. The van der Waals surface area contributed by atoms with Crippen molar-refractivity contribution >= 4 is 40.3 Å². The van der Waals surface area contributed by atoms with Crippen molar-refractivity contribution < 1.29 is 63.7 Å². The maximum Gasteiger partial charge on any atom is 0.312 e. The van der Waals surface area contributed by atoms with Gasteiger partial charge in [-0.2, -0.15) is 0 Å². The van der Waals surface area contributed by atoms with Crippen molar-refractivity contribution in [3.05, 3.63) is 88.7 Å². The molecule has 15 heteroatoms. The molecule has 1 amide bonds. The van der Waals surface area contributed by atoms with Crippen molar-refractivity contribution in [1.29, 1.82) is 0 Å². The number of anilines is 1. The maximum absolute atomic E-state index is 14.4. The largest absolute Gasteiger partial charge is 0.507 e. The number of aromatic hydroxyl groups is 3. The molecule has 9 atom stereocenters. The van der Waals surface area contributed by atoms with E-state index in [1.165, 1.54) is 53.2 Å². The van der Waals surface area contributed by atoms with Crippen molar-refractivity contribution in [2.75, 3.05) is 19.0 Å². The Bertz CT molecular complexity index is 2250. The molecule has 15 nitrogen and oxygen atoms in total. The average Bonchev–Trinajstić information content (AvgIpc) is 3.50. The summed E-state index contributed by atoms with van der Waals surface area (Å²) in [5.41, 5.74) is 0.345. The number of ketones is 1. The number of hydrogen-bond donors (Lipinski definition) is 6. The Morgan fingerprint density at radius 3 is 2.28 bits per heavy atom. The van der Waals surface area contributed by atoms with Crippen molar-refractivity contribution in [3.63, 3.8) is 0 Å². The van der Waals surface area contributed by atoms with Crippen LogP contribution in [0.3, 0.4) is 0 Å². The summed E-state index contributed by atoms with van der Waals surface area (Å²) >= 11 is 0. The first-order valence-corrected chi connectivity index (χ1v) is 20.1. The second kappa shape index (κ2) is 19.2. The van der Waals surface area contributed by atoms with Gasteiger partial charge >= 0.3 is 11.8 Å². The topological polar surface area (TPSA) is 223 Å². The highest BCUT2D eigenvalue weighted by Crippen LogP contribution is 2.55. The average molecular weight is 845 g/mol. The van der Waals surface area contributed by atoms with Gasteiger partial charge in [0.05, 0.1) is 53.0 Å². The number of allylic oxidation sites excluding steroid dienone is 2. The van der Waals surface area contributed by atoms with Crippen LogP contribution in [0, 0.1) is 30.6 Å². The van der Waals surface area contributed by atoms with Crippen LogP contribution in [0.1, 0.15) is 75.5 Å². The van der Waals surface area contributed by atoms with E-state index in [0.717, 1.165) is 11.8 Å². The summed E-state index contributed by atoms with van der Waals surface area (Å²) in [6, 6.07) is 9.50.